The van der Waals surface area contributed by atoms with Crippen LogP contribution in [0.3, 0.4) is 0 Å². The molecule has 0 aromatic carbocycles. The molecular formula is C12H16N2O3. The molecule has 0 radical (unpaired) electrons. The zero-order valence-electron chi connectivity index (χ0n) is 9.80. The molecule has 2 rings (SSSR count). The molecule has 1 saturated carbocycles. The van der Waals surface area contributed by atoms with E-state index in [0.29, 0.717) is 17.9 Å². The van der Waals surface area contributed by atoms with Crippen molar-refractivity contribution in [1.29, 1.82) is 0 Å². The molecule has 1 aromatic heterocycles. The van der Waals surface area contributed by atoms with Crippen LogP contribution in [0.25, 0.3) is 0 Å². The number of rotatable bonds is 5. The van der Waals surface area contributed by atoms with Gasteiger partial charge in [0.2, 0.25) is 0 Å². The summed E-state index contributed by atoms with van der Waals surface area (Å²) in [5.41, 5.74) is 0.503. The van der Waals surface area contributed by atoms with Crippen molar-refractivity contribution in [3.8, 4) is 5.75 Å². The normalized spacial score (nSPS) is 14.5. The van der Waals surface area contributed by atoms with Crippen molar-refractivity contribution in [2.24, 2.45) is 0 Å². The van der Waals surface area contributed by atoms with Crippen molar-refractivity contribution in [1.82, 2.24) is 9.88 Å². The Bertz CT molecular complexity index is 404. The summed E-state index contributed by atoms with van der Waals surface area (Å²) in [7, 11) is 1.52. The van der Waals surface area contributed by atoms with Crippen LogP contribution in [-0.4, -0.2) is 47.2 Å². The number of aliphatic hydroxyl groups excluding tert-OH is 1. The second-order valence-electron chi connectivity index (χ2n) is 4.03. The molecule has 1 amide bonds. The second-order valence-corrected chi connectivity index (χ2v) is 4.03. The van der Waals surface area contributed by atoms with Crippen LogP contribution in [0.4, 0.5) is 0 Å². The molecule has 0 spiro atoms. The van der Waals surface area contributed by atoms with E-state index in [-0.39, 0.29) is 18.6 Å². The van der Waals surface area contributed by atoms with Gasteiger partial charge in [-0.25, -0.2) is 0 Å². The molecule has 0 atom stereocenters. The highest BCUT2D eigenvalue weighted by molar-refractivity contribution is 5.97. The number of carbonyl (C=O) groups is 1. The monoisotopic (exact) mass is 236 g/mol. The van der Waals surface area contributed by atoms with Gasteiger partial charge in [-0.1, -0.05) is 0 Å². The van der Waals surface area contributed by atoms with Crippen molar-refractivity contribution < 1.29 is 14.6 Å². The summed E-state index contributed by atoms with van der Waals surface area (Å²) in [6.07, 6.45) is 5.12. The lowest BCUT2D eigenvalue weighted by atomic mass is 10.2. The van der Waals surface area contributed by atoms with Gasteiger partial charge in [-0.2, -0.15) is 0 Å². The third-order valence-corrected chi connectivity index (χ3v) is 2.82. The van der Waals surface area contributed by atoms with Gasteiger partial charge in [0.05, 0.1) is 25.5 Å². The fraction of sp³-hybridized carbons (Fsp3) is 0.500. The second kappa shape index (κ2) is 5.14. The first kappa shape index (κ1) is 11.9. The maximum atomic E-state index is 12.3. The molecule has 0 aliphatic heterocycles. The first-order valence-corrected chi connectivity index (χ1v) is 5.67. The number of aromatic nitrogens is 1. The maximum absolute atomic E-state index is 12.3. The number of nitrogens with zero attached hydrogens (tertiary/aromatic N) is 2. The van der Waals surface area contributed by atoms with Gasteiger partial charge in [-0.15, -0.1) is 0 Å². The summed E-state index contributed by atoms with van der Waals surface area (Å²) in [4.78, 5) is 17.9. The van der Waals surface area contributed by atoms with Crippen molar-refractivity contribution in [3.63, 3.8) is 0 Å². The van der Waals surface area contributed by atoms with Crippen molar-refractivity contribution >= 4 is 5.91 Å². The van der Waals surface area contributed by atoms with Gasteiger partial charge in [-0.05, 0) is 18.9 Å². The number of pyridine rings is 1. The maximum Gasteiger partial charge on any atom is 0.258 e. The minimum atomic E-state index is -0.0965. The van der Waals surface area contributed by atoms with Gasteiger partial charge < -0.3 is 14.7 Å². The van der Waals surface area contributed by atoms with E-state index in [2.05, 4.69) is 4.98 Å². The lowest BCUT2D eigenvalue weighted by Gasteiger charge is -2.22. The number of aliphatic hydroxyl groups is 1. The van der Waals surface area contributed by atoms with Crippen LogP contribution in [-0.2, 0) is 0 Å². The highest BCUT2D eigenvalue weighted by Gasteiger charge is 2.33. The third kappa shape index (κ3) is 2.55. The van der Waals surface area contributed by atoms with E-state index in [1.807, 2.05) is 0 Å². The highest BCUT2D eigenvalue weighted by Crippen LogP contribution is 2.29. The number of carbonyl (C=O) groups excluding carboxylic acids is 1. The smallest absolute Gasteiger partial charge is 0.258 e. The summed E-state index contributed by atoms with van der Waals surface area (Å²) in [6.45, 7) is 0.352. The lowest BCUT2D eigenvalue weighted by Crippen LogP contribution is -2.35. The summed E-state index contributed by atoms with van der Waals surface area (Å²) >= 11 is 0. The van der Waals surface area contributed by atoms with E-state index in [1.54, 1.807) is 17.2 Å². The fourth-order valence-electron chi connectivity index (χ4n) is 1.82. The Morgan fingerprint density at radius 3 is 3.00 bits per heavy atom. The van der Waals surface area contributed by atoms with E-state index >= 15 is 0 Å². The standard InChI is InChI=1S/C12H16N2O3/c1-17-11-8-13-5-4-10(11)12(16)14(6-7-15)9-2-3-9/h4-5,8-9,15H,2-3,6-7H2,1H3. The van der Waals surface area contributed by atoms with Crippen LogP contribution in [0.1, 0.15) is 23.2 Å². The molecule has 0 unspecified atom stereocenters. The number of amides is 1. The Morgan fingerprint density at radius 2 is 2.41 bits per heavy atom. The Hall–Kier alpha value is -1.62. The predicted molar refractivity (Wildman–Crippen MR) is 61.9 cm³/mol. The first-order valence-electron chi connectivity index (χ1n) is 5.67. The molecule has 92 valence electrons. The zero-order valence-corrected chi connectivity index (χ0v) is 9.80. The quantitative estimate of drug-likeness (QED) is 0.817. The summed E-state index contributed by atoms with van der Waals surface area (Å²) in [5, 5.41) is 9.00. The SMILES string of the molecule is COc1cnccc1C(=O)N(CCO)C1CC1. The summed E-state index contributed by atoms with van der Waals surface area (Å²) in [6, 6.07) is 1.92. The van der Waals surface area contributed by atoms with E-state index in [1.165, 1.54) is 13.3 Å². The molecule has 17 heavy (non-hydrogen) atoms. The van der Waals surface area contributed by atoms with Gasteiger partial charge in [0.25, 0.3) is 5.91 Å². The van der Waals surface area contributed by atoms with Crippen LogP contribution in [0.2, 0.25) is 0 Å². The highest BCUT2D eigenvalue weighted by atomic mass is 16.5. The molecule has 0 bridgehead atoms. The fourth-order valence-corrected chi connectivity index (χ4v) is 1.82. The topological polar surface area (TPSA) is 62.7 Å². The molecule has 1 N–H and O–H groups in total. The molecule has 1 fully saturated rings. The van der Waals surface area contributed by atoms with Crippen molar-refractivity contribution in [3.05, 3.63) is 24.0 Å². The Kier molecular flexibility index (Phi) is 3.58. The zero-order chi connectivity index (χ0) is 12.3. The van der Waals surface area contributed by atoms with E-state index < -0.39 is 0 Å². The Balaban J connectivity index is 2.21. The third-order valence-electron chi connectivity index (χ3n) is 2.82. The summed E-state index contributed by atoms with van der Waals surface area (Å²) in [5.74, 6) is 0.377. The van der Waals surface area contributed by atoms with Crippen LogP contribution in [0.5, 0.6) is 5.75 Å². The van der Waals surface area contributed by atoms with Crippen molar-refractivity contribution in [2.45, 2.75) is 18.9 Å². The van der Waals surface area contributed by atoms with Crippen LogP contribution in [0, 0.1) is 0 Å². The van der Waals surface area contributed by atoms with E-state index in [0.717, 1.165) is 12.8 Å². The lowest BCUT2D eigenvalue weighted by molar-refractivity contribution is 0.0704. The number of hydrogen-bond donors (Lipinski definition) is 1. The molecule has 1 aliphatic carbocycles. The van der Waals surface area contributed by atoms with E-state index in [4.69, 9.17) is 9.84 Å². The van der Waals surface area contributed by atoms with Gasteiger partial charge in [-0.3, -0.25) is 9.78 Å². The number of ether oxygens (including phenoxy) is 1. The molecule has 1 aromatic rings. The van der Waals surface area contributed by atoms with Crippen LogP contribution in [0.15, 0.2) is 18.5 Å². The molecule has 5 heteroatoms. The van der Waals surface area contributed by atoms with Gasteiger partial charge in [0, 0.05) is 18.8 Å². The Labute approximate surface area is 100 Å². The average molecular weight is 236 g/mol. The molecule has 0 saturated heterocycles. The first-order chi connectivity index (χ1) is 8.27. The largest absolute Gasteiger partial charge is 0.494 e. The van der Waals surface area contributed by atoms with E-state index in [9.17, 15) is 4.79 Å². The average Bonchev–Trinajstić information content (AvgIpc) is 3.19. The van der Waals surface area contributed by atoms with Gasteiger partial charge in [0.15, 0.2) is 0 Å². The van der Waals surface area contributed by atoms with Gasteiger partial charge >= 0.3 is 0 Å². The molecular weight excluding hydrogens is 220 g/mol. The number of methoxy groups -OCH3 is 1. The van der Waals surface area contributed by atoms with Crippen LogP contribution >= 0.6 is 0 Å². The summed E-state index contributed by atoms with van der Waals surface area (Å²) < 4.78 is 5.12. The molecule has 1 aliphatic rings. The molecule has 1 heterocycles. The van der Waals surface area contributed by atoms with Gasteiger partial charge in [0.1, 0.15) is 5.75 Å². The van der Waals surface area contributed by atoms with Crippen molar-refractivity contribution in [2.75, 3.05) is 20.3 Å². The number of hydrogen-bond acceptors (Lipinski definition) is 4. The Morgan fingerprint density at radius 1 is 1.65 bits per heavy atom. The predicted octanol–water partition coefficient (Wildman–Crippen LogP) is 0.687. The van der Waals surface area contributed by atoms with Crippen LogP contribution < -0.4 is 4.74 Å². The minimum absolute atomic E-state index is 0.0182. The minimum Gasteiger partial charge on any atom is -0.494 e. The molecule has 5 nitrogen and oxygen atoms in total.